The van der Waals surface area contributed by atoms with Crippen LogP contribution in [0.4, 0.5) is 5.69 Å². The summed E-state index contributed by atoms with van der Waals surface area (Å²) in [4.78, 5) is 23.9. The van der Waals surface area contributed by atoms with Crippen molar-refractivity contribution in [3.05, 3.63) is 35.4 Å². The van der Waals surface area contributed by atoms with Crippen molar-refractivity contribution in [2.75, 3.05) is 45.8 Å². The molecule has 0 saturated carbocycles. The molecule has 3 N–H and O–H groups in total. The molecule has 0 aromatic heterocycles. The number of rotatable bonds is 19. The molecule has 1 aliphatic heterocycles. The summed E-state index contributed by atoms with van der Waals surface area (Å²) >= 11 is 0. The number of ether oxygens (including phenoxy) is 4. The van der Waals surface area contributed by atoms with Gasteiger partial charge in [0.1, 0.15) is 17.3 Å². The third-order valence-electron chi connectivity index (χ3n) is 6.94. The van der Waals surface area contributed by atoms with Gasteiger partial charge in [-0.1, -0.05) is 19.4 Å². The van der Waals surface area contributed by atoms with E-state index in [1.807, 2.05) is 18.2 Å². The SMILES string of the molecule is CCCCC(=O)CCCCOc1ccc(OCCCNCCc2ccc(OC)c(OC)c2O)c2c1NC(=O)CC2. The van der Waals surface area contributed by atoms with Gasteiger partial charge in [0.05, 0.1) is 33.1 Å². The van der Waals surface area contributed by atoms with Gasteiger partial charge < -0.3 is 34.7 Å². The van der Waals surface area contributed by atoms with Crippen LogP contribution in [0.2, 0.25) is 0 Å². The van der Waals surface area contributed by atoms with Crippen LogP contribution in [0.1, 0.15) is 69.4 Å². The Bertz CT molecular complexity index is 1120. The Morgan fingerprint density at radius 1 is 0.900 bits per heavy atom. The molecule has 1 heterocycles. The van der Waals surface area contributed by atoms with E-state index in [1.165, 1.54) is 14.2 Å². The fourth-order valence-corrected chi connectivity index (χ4v) is 4.67. The third-order valence-corrected chi connectivity index (χ3v) is 6.94. The molecule has 0 aliphatic carbocycles. The van der Waals surface area contributed by atoms with Gasteiger partial charge in [-0.15, -0.1) is 0 Å². The fourth-order valence-electron chi connectivity index (χ4n) is 4.67. The molecule has 2 aromatic carbocycles. The summed E-state index contributed by atoms with van der Waals surface area (Å²) in [5.74, 6) is 2.65. The van der Waals surface area contributed by atoms with Gasteiger partial charge in [0.2, 0.25) is 11.7 Å². The Morgan fingerprint density at radius 3 is 2.40 bits per heavy atom. The van der Waals surface area contributed by atoms with Crippen LogP contribution in [0.25, 0.3) is 0 Å². The van der Waals surface area contributed by atoms with Gasteiger partial charge in [-0.05, 0) is 75.4 Å². The van der Waals surface area contributed by atoms with Gasteiger partial charge in [-0.2, -0.15) is 0 Å². The van der Waals surface area contributed by atoms with Gasteiger partial charge in [-0.3, -0.25) is 9.59 Å². The molecule has 0 bridgehead atoms. The van der Waals surface area contributed by atoms with E-state index in [0.29, 0.717) is 80.6 Å². The minimum absolute atomic E-state index is 0.0271. The molecule has 1 amide bonds. The Labute approximate surface area is 237 Å². The minimum atomic E-state index is -0.0271. The maximum atomic E-state index is 12.1. The lowest BCUT2D eigenvalue weighted by molar-refractivity contribution is -0.119. The van der Waals surface area contributed by atoms with E-state index in [9.17, 15) is 14.7 Å². The van der Waals surface area contributed by atoms with E-state index < -0.39 is 0 Å². The summed E-state index contributed by atoms with van der Waals surface area (Å²) in [5.41, 5.74) is 2.45. The summed E-state index contributed by atoms with van der Waals surface area (Å²) in [6, 6.07) is 7.39. The first-order chi connectivity index (χ1) is 19.5. The minimum Gasteiger partial charge on any atom is -0.504 e. The lowest BCUT2D eigenvalue weighted by atomic mass is 10.0. The second-order valence-corrected chi connectivity index (χ2v) is 9.92. The number of Topliss-reactive ketones (excluding diaryl/α,β-unsaturated/α-hetero) is 1. The largest absolute Gasteiger partial charge is 0.504 e. The highest BCUT2D eigenvalue weighted by molar-refractivity contribution is 5.96. The van der Waals surface area contributed by atoms with Crippen LogP contribution in [-0.4, -0.2) is 57.3 Å². The molecule has 0 radical (unpaired) electrons. The Kier molecular flexibility index (Phi) is 12.9. The molecular weight excluding hydrogens is 512 g/mol. The molecular formula is C31H44N2O7. The fraction of sp³-hybridized carbons (Fsp3) is 0.548. The van der Waals surface area contributed by atoms with E-state index in [2.05, 4.69) is 17.6 Å². The number of carbonyl (C=O) groups is 2. The molecule has 0 unspecified atom stereocenters. The highest BCUT2D eigenvalue weighted by Gasteiger charge is 2.23. The first-order valence-electron chi connectivity index (χ1n) is 14.3. The van der Waals surface area contributed by atoms with Crippen molar-refractivity contribution in [3.8, 4) is 28.7 Å². The standard InChI is InChI=1S/C31H44N2O7/c1-4-5-9-23(34)10-6-7-20-40-26-15-14-25(24-12-16-28(35)33-29(24)26)39-21-8-18-32-19-17-22-11-13-27(37-2)31(38-3)30(22)36/h11,13-15,32,36H,4-10,12,16-21H2,1-3H3,(H,33,35). The van der Waals surface area contributed by atoms with E-state index in [-0.39, 0.29) is 11.7 Å². The number of benzene rings is 2. The second kappa shape index (κ2) is 16.6. The van der Waals surface area contributed by atoms with Crippen molar-refractivity contribution in [2.45, 2.75) is 71.1 Å². The van der Waals surface area contributed by atoms with Crippen LogP contribution in [0, 0.1) is 0 Å². The van der Waals surface area contributed by atoms with Crippen molar-refractivity contribution in [3.63, 3.8) is 0 Å². The number of ketones is 1. The second-order valence-electron chi connectivity index (χ2n) is 9.92. The molecule has 9 nitrogen and oxygen atoms in total. The maximum Gasteiger partial charge on any atom is 0.224 e. The summed E-state index contributed by atoms with van der Waals surface area (Å²) in [7, 11) is 3.05. The topological polar surface area (TPSA) is 115 Å². The van der Waals surface area contributed by atoms with Crippen LogP contribution in [0.5, 0.6) is 28.7 Å². The first-order valence-corrected chi connectivity index (χ1v) is 14.3. The maximum absolute atomic E-state index is 12.1. The number of carbonyl (C=O) groups excluding carboxylic acids is 2. The average molecular weight is 557 g/mol. The van der Waals surface area contributed by atoms with Crippen molar-refractivity contribution in [1.29, 1.82) is 0 Å². The number of phenolic OH excluding ortho intramolecular Hbond substituents is 1. The molecule has 1 aliphatic rings. The quantitative estimate of drug-likeness (QED) is 0.202. The molecule has 0 saturated heterocycles. The number of nitrogens with one attached hydrogen (secondary N) is 2. The van der Waals surface area contributed by atoms with Crippen LogP contribution >= 0.6 is 0 Å². The summed E-state index contributed by atoms with van der Waals surface area (Å²) in [5, 5.41) is 16.8. The molecule has 0 fully saturated rings. The number of hydrogen-bond donors (Lipinski definition) is 3. The van der Waals surface area contributed by atoms with E-state index >= 15 is 0 Å². The van der Waals surface area contributed by atoms with Gasteiger partial charge in [-0.25, -0.2) is 0 Å². The van der Waals surface area contributed by atoms with Gasteiger partial charge in [0.25, 0.3) is 0 Å². The van der Waals surface area contributed by atoms with Crippen LogP contribution in [0.3, 0.4) is 0 Å². The summed E-state index contributed by atoms with van der Waals surface area (Å²) < 4.78 is 22.5. The predicted molar refractivity (Wildman–Crippen MR) is 155 cm³/mol. The van der Waals surface area contributed by atoms with Gasteiger partial charge in [0.15, 0.2) is 11.5 Å². The zero-order chi connectivity index (χ0) is 28.7. The number of fused-ring (bicyclic) bond motifs is 1. The molecule has 2 aromatic rings. The summed E-state index contributed by atoms with van der Waals surface area (Å²) in [6.07, 6.45) is 7.32. The highest BCUT2D eigenvalue weighted by Crippen LogP contribution is 2.40. The zero-order valence-corrected chi connectivity index (χ0v) is 24.1. The monoisotopic (exact) mass is 556 g/mol. The molecule has 220 valence electrons. The smallest absolute Gasteiger partial charge is 0.224 e. The van der Waals surface area contributed by atoms with Crippen LogP contribution in [-0.2, 0) is 22.4 Å². The van der Waals surface area contributed by atoms with Crippen molar-refractivity contribution >= 4 is 17.4 Å². The Morgan fingerprint density at radius 2 is 1.62 bits per heavy atom. The van der Waals surface area contributed by atoms with Crippen molar-refractivity contribution in [1.82, 2.24) is 5.32 Å². The number of amides is 1. The molecule has 9 heteroatoms. The lowest BCUT2D eigenvalue weighted by Crippen LogP contribution is -2.22. The molecule has 3 rings (SSSR count). The molecule has 0 atom stereocenters. The number of anilines is 1. The zero-order valence-electron chi connectivity index (χ0n) is 24.1. The third kappa shape index (κ3) is 9.05. The number of unbranched alkanes of at least 4 members (excludes halogenated alkanes) is 2. The van der Waals surface area contributed by atoms with Gasteiger partial charge >= 0.3 is 0 Å². The van der Waals surface area contributed by atoms with E-state index in [1.54, 1.807) is 6.07 Å². The van der Waals surface area contributed by atoms with Crippen molar-refractivity contribution < 1.29 is 33.6 Å². The number of methoxy groups -OCH3 is 2. The number of aromatic hydroxyl groups is 1. The lowest BCUT2D eigenvalue weighted by Gasteiger charge is -2.23. The number of phenols is 1. The average Bonchev–Trinajstić information content (AvgIpc) is 2.96. The highest BCUT2D eigenvalue weighted by atomic mass is 16.5. The normalized spacial score (nSPS) is 12.4. The van der Waals surface area contributed by atoms with Crippen LogP contribution in [0.15, 0.2) is 24.3 Å². The van der Waals surface area contributed by atoms with Crippen molar-refractivity contribution in [2.24, 2.45) is 0 Å². The predicted octanol–water partition coefficient (Wildman–Crippen LogP) is 5.20. The van der Waals surface area contributed by atoms with E-state index in [4.69, 9.17) is 18.9 Å². The first kappa shape index (κ1) is 31.1. The number of hydrogen-bond acceptors (Lipinski definition) is 8. The Hall–Kier alpha value is -3.46. The van der Waals surface area contributed by atoms with E-state index in [0.717, 1.165) is 55.5 Å². The van der Waals surface area contributed by atoms with Gasteiger partial charge in [0, 0.05) is 24.8 Å². The molecule has 0 spiro atoms. The molecule has 40 heavy (non-hydrogen) atoms. The Balaban J connectivity index is 1.42. The van der Waals surface area contributed by atoms with Crippen LogP contribution < -0.4 is 29.6 Å². The summed E-state index contributed by atoms with van der Waals surface area (Å²) in [6.45, 7) is 4.57.